The fourth-order valence-electron chi connectivity index (χ4n) is 0.541. The molecule has 1 heterocycles. The highest BCUT2D eigenvalue weighted by molar-refractivity contribution is 5.70. The average Bonchev–Trinajstić information content (AvgIpc) is 1.95. The number of aldehydes is 1. The quantitative estimate of drug-likeness (QED) is 0.307. The van der Waals surface area contributed by atoms with E-state index in [-0.39, 0.29) is 5.69 Å². The predicted molar refractivity (Wildman–Crippen MR) is 33.3 cm³/mol. The van der Waals surface area contributed by atoms with Crippen molar-refractivity contribution in [2.75, 3.05) is 0 Å². The minimum absolute atomic E-state index is 0.153. The summed E-state index contributed by atoms with van der Waals surface area (Å²) in [5, 5.41) is 10.7. The fourth-order valence-corrected chi connectivity index (χ4v) is 0.541. The molecule has 0 aromatic carbocycles. The second kappa shape index (κ2) is 2.43. The van der Waals surface area contributed by atoms with E-state index in [0.29, 0.717) is 16.7 Å². The van der Waals surface area contributed by atoms with E-state index in [0.717, 1.165) is 6.20 Å². The fraction of sp³-hybridized carbons (Fsp3) is 0.167. The maximum atomic E-state index is 10.7. The highest BCUT2D eigenvalue weighted by atomic mass is 16.5. The van der Waals surface area contributed by atoms with Crippen LogP contribution in [0.1, 0.15) is 16.2 Å². The number of nitrogens with zero attached hydrogens (tertiary/aromatic N) is 2. The Kier molecular flexibility index (Phi) is 1.62. The van der Waals surface area contributed by atoms with Gasteiger partial charge in [-0.15, -0.1) is 0 Å². The molecule has 4 nitrogen and oxygen atoms in total. The lowest BCUT2D eigenvalue weighted by molar-refractivity contribution is -0.613. The third-order valence-corrected chi connectivity index (χ3v) is 1.12. The lowest BCUT2D eigenvalue weighted by Crippen LogP contribution is -2.30. The molecular weight excluding hydrogens is 132 g/mol. The first-order chi connectivity index (χ1) is 4.74. The van der Waals surface area contributed by atoms with E-state index in [1.54, 1.807) is 6.92 Å². The number of carbonyl (C=O) groups excluding carboxylic acids is 1. The molecule has 4 heteroatoms. The maximum Gasteiger partial charge on any atom is 0.209 e. The third kappa shape index (κ3) is 1.10. The number of carbonyl (C=O) groups is 1. The Labute approximate surface area is 57.7 Å². The zero-order valence-electron chi connectivity index (χ0n) is 5.44. The van der Waals surface area contributed by atoms with Crippen LogP contribution in [0.5, 0.6) is 0 Å². The first kappa shape index (κ1) is 6.67. The molecule has 52 valence electrons. The van der Waals surface area contributed by atoms with Crippen LogP contribution in [-0.4, -0.2) is 11.3 Å². The molecule has 0 bridgehead atoms. The Morgan fingerprint density at radius 1 is 1.80 bits per heavy atom. The van der Waals surface area contributed by atoms with Gasteiger partial charge in [0.05, 0.1) is 6.20 Å². The molecule has 0 saturated carbocycles. The summed E-state index contributed by atoms with van der Waals surface area (Å²) >= 11 is 0. The smallest absolute Gasteiger partial charge is 0.209 e. The molecule has 0 unspecified atom stereocenters. The van der Waals surface area contributed by atoms with Crippen LogP contribution in [0, 0.1) is 12.1 Å². The van der Waals surface area contributed by atoms with Crippen molar-refractivity contribution >= 4 is 6.29 Å². The van der Waals surface area contributed by atoms with E-state index in [4.69, 9.17) is 0 Å². The summed E-state index contributed by atoms with van der Waals surface area (Å²) in [4.78, 5) is 13.7. The molecule has 0 aliphatic heterocycles. The van der Waals surface area contributed by atoms with E-state index in [1.807, 2.05) is 0 Å². The molecule has 0 aliphatic rings. The van der Waals surface area contributed by atoms with Crippen molar-refractivity contribution < 1.29 is 9.52 Å². The summed E-state index contributed by atoms with van der Waals surface area (Å²) in [6.45, 7) is 1.62. The monoisotopic (exact) mass is 138 g/mol. The maximum absolute atomic E-state index is 10.7. The van der Waals surface area contributed by atoms with Gasteiger partial charge in [0.1, 0.15) is 0 Å². The molecule has 0 aliphatic carbocycles. The Hall–Kier alpha value is -1.45. The van der Waals surface area contributed by atoms with E-state index in [1.165, 1.54) is 6.20 Å². The van der Waals surface area contributed by atoms with E-state index in [9.17, 15) is 10.0 Å². The van der Waals surface area contributed by atoms with Gasteiger partial charge in [0, 0.05) is 6.92 Å². The summed E-state index contributed by atoms with van der Waals surface area (Å²) in [6.07, 6.45) is 3.03. The summed E-state index contributed by atoms with van der Waals surface area (Å²) in [5.74, 6) is 0. The molecular formula is C6H6N2O2. The van der Waals surface area contributed by atoms with Crippen LogP contribution >= 0.6 is 0 Å². The minimum atomic E-state index is 0.153. The number of hydrogen-bond donors (Lipinski definition) is 0. The van der Waals surface area contributed by atoms with Crippen molar-refractivity contribution in [2.45, 2.75) is 6.92 Å². The highest BCUT2D eigenvalue weighted by Gasteiger charge is 1.99. The van der Waals surface area contributed by atoms with E-state index < -0.39 is 0 Å². The zero-order valence-corrected chi connectivity index (χ0v) is 5.44. The Morgan fingerprint density at radius 3 is 3.00 bits per heavy atom. The molecule has 0 radical (unpaired) electrons. The molecule has 0 fully saturated rings. The number of aryl methyl sites for hydroxylation is 1. The molecule has 0 amide bonds. The van der Waals surface area contributed by atoms with Crippen LogP contribution < -0.4 is 4.73 Å². The molecule has 10 heavy (non-hydrogen) atoms. The number of aromatic nitrogens is 2. The molecule has 0 spiro atoms. The van der Waals surface area contributed by atoms with Crippen molar-refractivity contribution in [3.63, 3.8) is 0 Å². The van der Waals surface area contributed by atoms with Crippen LogP contribution in [0.2, 0.25) is 0 Å². The van der Waals surface area contributed by atoms with Gasteiger partial charge < -0.3 is 5.21 Å². The van der Waals surface area contributed by atoms with Crippen LogP contribution in [0.3, 0.4) is 0 Å². The van der Waals surface area contributed by atoms with Gasteiger partial charge in [-0.25, -0.2) is 4.98 Å². The standard InChI is InChI=1S/C6H6N2O2/c1-5-2-7-6(4-9)3-8(5)10/h2-4H,1H3. The molecule has 1 aromatic rings. The molecule has 0 saturated heterocycles. The van der Waals surface area contributed by atoms with Crippen molar-refractivity contribution in [1.82, 2.24) is 4.98 Å². The van der Waals surface area contributed by atoms with E-state index in [2.05, 4.69) is 4.98 Å². The van der Waals surface area contributed by atoms with E-state index >= 15 is 0 Å². The summed E-state index contributed by atoms with van der Waals surface area (Å²) in [7, 11) is 0. The Morgan fingerprint density at radius 2 is 2.50 bits per heavy atom. The SMILES string of the molecule is Cc1cnc(C=O)c[n+]1[O-]. The molecule has 0 N–H and O–H groups in total. The van der Waals surface area contributed by atoms with Crippen molar-refractivity contribution in [2.24, 2.45) is 0 Å². The first-order valence-corrected chi connectivity index (χ1v) is 2.75. The van der Waals surface area contributed by atoms with Crippen molar-refractivity contribution in [3.05, 3.63) is 29.0 Å². The topological polar surface area (TPSA) is 56.9 Å². The van der Waals surface area contributed by atoms with Gasteiger partial charge >= 0.3 is 0 Å². The zero-order chi connectivity index (χ0) is 7.56. The minimum Gasteiger partial charge on any atom is -0.618 e. The lowest BCUT2D eigenvalue weighted by Gasteiger charge is -1.97. The second-order valence-corrected chi connectivity index (χ2v) is 1.90. The van der Waals surface area contributed by atoms with Crippen LogP contribution in [0.4, 0.5) is 0 Å². The van der Waals surface area contributed by atoms with Crippen LogP contribution in [0.25, 0.3) is 0 Å². The Bertz CT molecular complexity index is 260. The van der Waals surface area contributed by atoms with Gasteiger partial charge in [-0.3, -0.25) is 4.79 Å². The number of rotatable bonds is 1. The van der Waals surface area contributed by atoms with Gasteiger partial charge in [0.15, 0.2) is 12.0 Å². The highest BCUT2D eigenvalue weighted by Crippen LogP contribution is 1.86. The number of hydrogen-bond acceptors (Lipinski definition) is 3. The molecule has 1 aromatic heterocycles. The van der Waals surface area contributed by atoms with Gasteiger partial charge in [0.25, 0.3) is 0 Å². The van der Waals surface area contributed by atoms with Crippen LogP contribution in [-0.2, 0) is 0 Å². The predicted octanol–water partition coefficient (Wildman–Crippen LogP) is -0.164. The molecule has 0 atom stereocenters. The third-order valence-electron chi connectivity index (χ3n) is 1.12. The summed E-state index contributed by atoms with van der Waals surface area (Å²) < 4.78 is 0.608. The average molecular weight is 138 g/mol. The van der Waals surface area contributed by atoms with Crippen LogP contribution in [0.15, 0.2) is 12.4 Å². The summed E-state index contributed by atoms with van der Waals surface area (Å²) in [5.41, 5.74) is 0.631. The normalized spacial score (nSPS) is 9.30. The lowest BCUT2D eigenvalue weighted by atomic mass is 10.4. The Balaban J connectivity index is 3.16. The van der Waals surface area contributed by atoms with Gasteiger partial charge in [-0.05, 0) is 0 Å². The largest absolute Gasteiger partial charge is 0.618 e. The van der Waals surface area contributed by atoms with Gasteiger partial charge in [-0.2, -0.15) is 4.73 Å². The van der Waals surface area contributed by atoms with Gasteiger partial charge in [-0.1, -0.05) is 0 Å². The second-order valence-electron chi connectivity index (χ2n) is 1.90. The molecule has 1 rings (SSSR count). The summed E-state index contributed by atoms with van der Waals surface area (Å²) in [6, 6.07) is 0. The van der Waals surface area contributed by atoms with Crippen molar-refractivity contribution in [1.29, 1.82) is 0 Å². The first-order valence-electron chi connectivity index (χ1n) is 2.75. The van der Waals surface area contributed by atoms with Crippen molar-refractivity contribution in [3.8, 4) is 0 Å². The van der Waals surface area contributed by atoms with Gasteiger partial charge in [0.2, 0.25) is 11.9 Å².